The van der Waals surface area contributed by atoms with Gasteiger partial charge >= 0.3 is 0 Å². The molecule has 86 valence electrons. The first-order valence-electron chi connectivity index (χ1n) is 5.93. The van der Waals surface area contributed by atoms with Crippen molar-refractivity contribution >= 4 is 11.4 Å². The number of likely N-dealkylation sites (N-methyl/N-ethyl adjacent to an activating group) is 2. The Morgan fingerprint density at radius 1 is 0.824 bits per heavy atom. The fraction of sp³-hybridized carbons (Fsp3) is 0.200. The first kappa shape index (κ1) is 10.2. The third-order valence-electron chi connectivity index (χ3n) is 3.41. The highest BCUT2D eigenvalue weighted by Crippen LogP contribution is 2.38. The first-order chi connectivity index (χ1) is 8.29. The Morgan fingerprint density at radius 3 is 1.76 bits per heavy atom. The quantitative estimate of drug-likeness (QED) is 0.667. The molecule has 2 aliphatic rings. The normalized spacial score (nSPS) is 18.0. The number of nitrogens with zero attached hydrogens (tertiary/aromatic N) is 2. The van der Waals surface area contributed by atoms with Crippen LogP contribution in [0.3, 0.4) is 0 Å². The fourth-order valence-corrected chi connectivity index (χ4v) is 2.47. The van der Waals surface area contributed by atoms with Crippen molar-refractivity contribution in [2.24, 2.45) is 0 Å². The smallest absolute Gasteiger partial charge is 0.0649 e. The van der Waals surface area contributed by atoms with Crippen molar-refractivity contribution in [1.82, 2.24) is 0 Å². The summed E-state index contributed by atoms with van der Waals surface area (Å²) in [4.78, 5) is 4.52. The largest absolute Gasteiger partial charge is 0.341 e. The lowest BCUT2D eigenvalue weighted by molar-refractivity contribution is 0.999. The van der Waals surface area contributed by atoms with E-state index in [9.17, 15) is 0 Å². The average Bonchev–Trinajstić information content (AvgIpc) is 2.62. The molecule has 0 radical (unpaired) electrons. The van der Waals surface area contributed by atoms with E-state index in [4.69, 9.17) is 0 Å². The molecule has 0 saturated heterocycles. The molecule has 0 spiro atoms. The molecule has 2 heteroatoms. The van der Waals surface area contributed by atoms with Gasteiger partial charge in [0, 0.05) is 14.1 Å². The summed E-state index contributed by atoms with van der Waals surface area (Å²) in [7, 11) is 4.26. The molecule has 3 rings (SSSR count). The maximum absolute atomic E-state index is 2.26. The molecule has 0 bridgehead atoms. The van der Waals surface area contributed by atoms with Gasteiger partial charge in [0.25, 0.3) is 0 Å². The third-order valence-corrected chi connectivity index (χ3v) is 3.41. The van der Waals surface area contributed by atoms with Crippen LogP contribution in [0.4, 0.5) is 11.4 Å². The number of rotatable bonds is 0. The molecule has 1 aromatic rings. The van der Waals surface area contributed by atoms with E-state index in [1.807, 2.05) is 0 Å². The number of allylic oxidation sites excluding steroid dienone is 4. The number of para-hydroxylation sites is 2. The molecule has 0 atom stereocenters. The summed E-state index contributed by atoms with van der Waals surface area (Å²) in [5, 5.41) is 0. The van der Waals surface area contributed by atoms with Crippen molar-refractivity contribution in [2.75, 3.05) is 23.9 Å². The van der Waals surface area contributed by atoms with Gasteiger partial charge in [-0.3, -0.25) is 0 Å². The highest BCUT2D eigenvalue weighted by molar-refractivity contribution is 5.80. The molecule has 1 aromatic carbocycles. The Morgan fingerprint density at radius 2 is 1.29 bits per heavy atom. The Kier molecular flexibility index (Phi) is 2.29. The second-order valence-corrected chi connectivity index (χ2v) is 4.42. The van der Waals surface area contributed by atoms with Crippen LogP contribution in [0.5, 0.6) is 0 Å². The van der Waals surface area contributed by atoms with Gasteiger partial charge < -0.3 is 9.80 Å². The highest BCUT2D eigenvalue weighted by Gasteiger charge is 2.23. The summed E-state index contributed by atoms with van der Waals surface area (Å²) >= 11 is 0. The monoisotopic (exact) mass is 224 g/mol. The minimum atomic E-state index is 1.00. The molecule has 0 aromatic heterocycles. The summed E-state index contributed by atoms with van der Waals surface area (Å²) in [6, 6.07) is 8.51. The number of hydrogen-bond donors (Lipinski definition) is 0. The molecular formula is C15H16N2. The zero-order chi connectivity index (χ0) is 11.8. The van der Waals surface area contributed by atoms with Gasteiger partial charge in [-0.2, -0.15) is 0 Å². The van der Waals surface area contributed by atoms with Gasteiger partial charge in [-0.05, 0) is 30.7 Å². The molecule has 2 nitrogen and oxygen atoms in total. The molecule has 0 unspecified atom stereocenters. The molecule has 1 aliphatic heterocycles. The van der Waals surface area contributed by atoms with Crippen LogP contribution in [-0.4, -0.2) is 14.1 Å². The van der Waals surface area contributed by atoms with Crippen LogP contribution in [0, 0.1) is 0 Å². The SMILES string of the molecule is CN1C2=C(C=CCC=C2)N(C)c2ccccc21. The Labute approximate surface area is 102 Å². The Balaban J connectivity index is 2.21. The van der Waals surface area contributed by atoms with Crippen LogP contribution in [0.25, 0.3) is 0 Å². The zero-order valence-electron chi connectivity index (χ0n) is 10.2. The molecule has 17 heavy (non-hydrogen) atoms. The number of anilines is 2. The lowest BCUT2D eigenvalue weighted by Crippen LogP contribution is -2.30. The molecule has 0 N–H and O–H groups in total. The second-order valence-electron chi connectivity index (χ2n) is 4.42. The highest BCUT2D eigenvalue weighted by atomic mass is 15.2. The van der Waals surface area contributed by atoms with Crippen LogP contribution in [0.15, 0.2) is 60.0 Å². The van der Waals surface area contributed by atoms with E-state index in [1.54, 1.807) is 0 Å². The minimum Gasteiger partial charge on any atom is -0.341 e. The first-order valence-corrected chi connectivity index (χ1v) is 5.93. The predicted molar refractivity (Wildman–Crippen MR) is 73.2 cm³/mol. The zero-order valence-corrected chi connectivity index (χ0v) is 10.2. The number of benzene rings is 1. The Bertz CT molecular complexity index is 491. The summed E-state index contributed by atoms with van der Waals surface area (Å²) < 4.78 is 0. The van der Waals surface area contributed by atoms with Gasteiger partial charge in [0.1, 0.15) is 0 Å². The van der Waals surface area contributed by atoms with Gasteiger partial charge in [0.05, 0.1) is 22.8 Å². The van der Waals surface area contributed by atoms with Gasteiger partial charge in [-0.25, -0.2) is 0 Å². The predicted octanol–water partition coefficient (Wildman–Crippen LogP) is 3.30. The molecule has 0 fully saturated rings. The fourth-order valence-electron chi connectivity index (χ4n) is 2.47. The molecule has 0 amide bonds. The topological polar surface area (TPSA) is 6.48 Å². The summed E-state index contributed by atoms with van der Waals surface area (Å²) in [5.41, 5.74) is 5.04. The number of fused-ring (bicyclic) bond motifs is 1. The van der Waals surface area contributed by atoms with Crippen molar-refractivity contribution < 1.29 is 0 Å². The van der Waals surface area contributed by atoms with Gasteiger partial charge in [0.2, 0.25) is 0 Å². The van der Waals surface area contributed by atoms with Crippen molar-refractivity contribution in [1.29, 1.82) is 0 Å². The lowest BCUT2D eigenvalue weighted by atomic mass is 10.1. The van der Waals surface area contributed by atoms with Crippen molar-refractivity contribution in [3.05, 3.63) is 60.0 Å². The summed E-state index contributed by atoms with van der Waals surface area (Å²) in [6.45, 7) is 0. The molecule has 1 heterocycles. The van der Waals surface area contributed by atoms with E-state index in [1.165, 1.54) is 22.8 Å². The average molecular weight is 224 g/mol. The Hall–Kier alpha value is -1.96. The van der Waals surface area contributed by atoms with E-state index in [0.29, 0.717) is 0 Å². The van der Waals surface area contributed by atoms with E-state index in [2.05, 4.69) is 72.5 Å². The maximum Gasteiger partial charge on any atom is 0.0649 e. The van der Waals surface area contributed by atoms with Crippen molar-refractivity contribution in [2.45, 2.75) is 6.42 Å². The lowest BCUT2D eigenvalue weighted by Gasteiger charge is -2.36. The van der Waals surface area contributed by atoms with Crippen molar-refractivity contribution in [3.8, 4) is 0 Å². The number of hydrogen-bond acceptors (Lipinski definition) is 2. The van der Waals surface area contributed by atoms with Gasteiger partial charge in [-0.1, -0.05) is 24.3 Å². The van der Waals surface area contributed by atoms with Crippen molar-refractivity contribution in [3.63, 3.8) is 0 Å². The van der Waals surface area contributed by atoms with Crippen LogP contribution in [0.1, 0.15) is 6.42 Å². The van der Waals surface area contributed by atoms with E-state index in [0.717, 1.165) is 6.42 Å². The summed E-state index contributed by atoms with van der Waals surface area (Å²) in [6.07, 6.45) is 9.84. The summed E-state index contributed by atoms with van der Waals surface area (Å²) in [5.74, 6) is 0. The van der Waals surface area contributed by atoms with E-state index in [-0.39, 0.29) is 0 Å². The second kappa shape index (κ2) is 3.81. The maximum atomic E-state index is 2.26. The molecule has 1 aliphatic carbocycles. The standard InChI is InChI=1S/C15H16N2/c1-16-12-8-4-3-5-9-13(12)17(2)15-11-7-6-10-14(15)16/h4-11H,3H2,1-2H3. The van der Waals surface area contributed by atoms with Crippen LogP contribution < -0.4 is 9.80 Å². The van der Waals surface area contributed by atoms with Crippen LogP contribution >= 0.6 is 0 Å². The van der Waals surface area contributed by atoms with E-state index >= 15 is 0 Å². The van der Waals surface area contributed by atoms with Gasteiger partial charge in [0.15, 0.2) is 0 Å². The minimum absolute atomic E-state index is 1.00. The molecule has 0 saturated carbocycles. The third kappa shape index (κ3) is 1.48. The van der Waals surface area contributed by atoms with Gasteiger partial charge in [-0.15, -0.1) is 0 Å². The molecular weight excluding hydrogens is 208 g/mol. The van der Waals surface area contributed by atoms with Crippen LogP contribution in [0.2, 0.25) is 0 Å². The van der Waals surface area contributed by atoms with Crippen LogP contribution in [-0.2, 0) is 0 Å². The van der Waals surface area contributed by atoms with E-state index < -0.39 is 0 Å².